The first-order valence-corrected chi connectivity index (χ1v) is 5.78. The van der Waals surface area contributed by atoms with Gasteiger partial charge < -0.3 is 25.0 Å². The highest BCUT2D eigenvalue weighted by Gasteiger charge is 2.04. The molecule has 5 heteroatoms. The molecule has 5 nitrogen and oxygen atoms in total. The SMILES string of the molecule is COCC(CNCCNCCN(C)C)OC. The van der Waals surface area contributed by atoms with E-state index in [9.17, 15) is 0 Å². The minimum absolute atomic E-state index is 0.145. The van der Waals surface area contributed by atoms with Gasteiger partial charge in [-0.05, 0) is 14.1 Å². The lowest BCUT2D eigenvalue weighted by molar-refractivity contribution is 0.0291. The third-order valence-corrected chi connectivity index (χ3v) is 2.27. The molecule has 2 N–H and O–H groups in total. The number of ether oxygens (including phenoxy) is 2. The van der Waals surface area contributed by atoms with Crippen LogP contribution in [0.3, 0.4) is 0 Å². The van der Waals surface area contributed by atoms with Gasteiger partial charge in [-0.25, -0.2) is 0 Å². The zero-order valence-corrected chi connectivity index (χ0v) is 11.1. The van der Waals surface area contributed by atoms with E-state index in [0.717, 1.165) is 32.7 Å². The van der Waals surface area contributed by atoms with E-state index in [1.165, 1.54) is 0 Å². The molecule has 0 radical (unpaired) electrons. The molecule has 0 aliphatic rings. The van der Waals surface area contributed by atoms with E-state index in [4.69, 9.17) is 9.47 Å². The normalized spacial score (nSPS) is 13.3. The van der Waals surface area contributed by atoms with Crippen molar-refractivity contribution in [3.63, 3.8) is 0 Å². The Morgan fingerprint density at radius 2 is 1.75 bits per heavy atom. The molecule has 16 heavy (non-hydrogen) atoms. The predicted molar refractivity (Wildman–Crippen MR) is 67.0 cm³/mol. The smallest absolute Gasteiger partial charge is 0.0928 e. The molecule has 0 aliphatic carbocycles. The summed E-state index contributed by atoms with van der Waals surface area (Å²) in [7, 11) is 7.55. The minimum atomic E-state index is 0.145. The van der Waals surface area contributed by atoms with Crippen molar-refractivity contribution in [1.29, 1.82) is 0 Å². The van der Waals surface area contributed by atoms with E-state index in [1.54, 1.807) is 14.2 Å². The molecule has 0 bridgehead atoms. The molecule has 1 unspecified atom stereocenters. The first-order valence-electron chi connectivity index (χ1n) is 5.78. The van der Waals surface area contributed by atoms with Crippen LogP contribution in [-0.4, -0.2) is 78.6 Å². The van der Waals surface area contributed by atoms with Gasteiger partial charge in [0, 0.05) is 46.9 Å². The molecule has 0 fully saturated rings. The summed E-state index contributed by atoms with van der Waals surface area (Å²) in [4.78, 5) is 2.17. The fraction of sp³-hybridized carbons (Fsp3) is 1.00. The van der Waals surface area contributed by atoms with Gasteiger partial charge in [-0.3, -0.25) is 0 Å². The van der Waals surface area contributed by atoms with Gasteiger partial charge >= 0.3 is 0 Å². The molecular weight excluding hydrogens is 206 g/mol. The van der Waals surface area contributed by atoms with Crippen LogP contribution in [0.1, 0.15) is 0 Å². The Hall–Kier alpha value is -0.200. The Morgan fingerprint density at radius 1 is 1.06 bits per heavy atom. The van der Waals surface area contributed by atoms with E-state index in [0.29, 0.717) is 6.61 Å². The molecule has 0 spiro atoms. The van der Waals surface area contributed by atoms with Crippen molar-refractivity contribution in [2.24, 2.45) is 0 Å². The number of methoxy groups -OCH3 is 2. The van der Waals surface area contributed by atoms with Gasteiger partial charge in [-0.2, -0.15) is 0 Å². The van der Waals surface area contributed by atoms with Gasteiger partial charge in [0.1, 0.15) is 0 Å². The summed E-state index contributed by atoms with van der Waals surface area (Å²) in [6.07, 6.45) is 0.145. The van der Waals surface area contributed by atoms with Gasteiger partial charge in [0.2, 0.25) is 0 Å². The largest absolute Gasteiger partial charge is 0.382 e. The van der Waals surface area contributed by atoms with Crippen LogP contribution in [0.2, 0.25) is 0 Å². The molecule has 0 aromatic heterocycles. The number of hydrogen-bond acceptors (Lipinski definition) is 5. The van der Waals surface area contributed by atoms with E-state index < -0.39 is 0 Å². The monoisotopic (exact) mass is 233 g/mol. The molecule has 1 atom stereocenters. The molecule has 0 saturated carbocycles. The maximum atomic E-state index is 5.24. The molecule has 0 aromatic rings. The molecule has 0 rings (SSSR count). The molecular formula is C11H27N3O2. The van der Waals surface area contributed by atoms with Crippen LogP contribution in [0, 0.1) is 0 Å². The summed E-state index contributed by atoms with van der Waals surface area (Å²) in [5, 5.41) is 6.69. The number of nitrogens with one attached hydrogen (secondary N) is 2. The minimum Gasteiger partial charge on any atom is -0.382 e. The zero-order valence-electron chi connectivity index (χ0n) is 11.1. The van der Waals surface area contributed by atoms with Gasteiger partial charge in [-0.15, -0.1) is 0 Å². The van der Waals surface area contributed by atoms with Crippen molar-refractivity contribution in [3.8, 4) is 0 Å². The highest BCUT2D eigenvalue weighted by molar-refractivity contribution is 4.61. The lowest BCUT2D eigenvalue weighted by atomic mass is 10.3. The van der Waals surface area contributed by atoms with Crippen molar-refractivity contribution < 1.29 is 9.47 Å². The molecule has 0 heterocycles. The summed E-state index contributed by atoms with van der Waals surface area (Å²) < 4.78 is 10.3. The Balaban J connectivity index is 3.19. The number of rotatable bonds is 11. The average molecular weight is 233 g/mol. The third-order valence-electron chi connectivity index (χ3n) is 2.27. The van der Waals surface area contributed by atoms with Crippen LogP contribution in [0.4, 0.5) is 0 Å². The third kappa shape index (κ3) is 10.3. The van der Waals surface area contributed by atoms with Crippen molar-refractivity contribution in [1.82, 2.24) is 15.5 Å². The highest BCUT2D eigenvalue weighted by atomic mass is 16.5. The number of nitrogens with zero attached hydrogens (tertiary/aromatic N) is 1. The van der Waals surface area contributed by atoms with Crippen LogP contribution in [-0.2, 0) is 9.47 Å². The second-order valence-corrected chi connectivity index (χ2v) is 4.07. The van der Waals surface area contributed by atoms with Crippen molar-refractivity contribution >= 4 is 0 Å². The average Bonchev–Trinajstić information content (AvgIpc) is 2.26. The van der Waals surface area contributed by atoms with E-state index in [1.807, 2.05) is 0 Å². The molecule has 98 valence electrons. The van der Waals surface area contributed by atoms with Crippen LogP contribution >= 0.6 is 0 Å². The molecule has 0 aliphatic heterocycles. The second kappa shape index (κ2) is 11.3. The maximum Gasteiger partial charge on any atom is 0.0928 e. The zero-order chi connectivity index (χ0) is 12.2. The Bertz CT molecular complexity index is 145. The lowest BCUT2D eigenvalue weighted by Gasteiger charge is -2.15. The summed E-state index contributed by atoms with van der Waals surface area (Å²) in [6, 6.07) is 0. The van der Waals surface area contributed by atoms with E-state index >= 15 is 0 Å². The van der Waals surface area contributed by atoms with Crippen LogP contribution in [0.5, 0.6) is 0 Å². The van der Waals surface area contributed by atoms with Gasteiger partial charge in [0.15, 0.2) is 0 Å². The van der Waals surface area contributed by atoms with Crippen LogP contribution < -0.4 is 10.6 Å². The van der Waals surface area contributed by atoms with E-state index in [-0.39, 0.29) is 6.10 Å². The second-order valence-electron chi connectivity index (χ2n) is 4.07. The van der Waals surface area contributed by atoms with E-state index in [2.05, 4.69) is 29.6 Å². The molecule has 0 amide bonds. The van der Waals surface area contributed by atoms with Crippen molar-refractivity contribution in [3.05, 3.63) is 0 Å². The maximum absolute atomic E-state index is 5.24. The standard InChI is InChI=1S/C11H27N3O2/c1-14(2)8-7-12-5-6-13-9-11(16-4)10-15-3/h11-13H,5-10H2,1-4H3. The van der Waals surface area contributed by atoms with Crippen molar-refractivity contribution in [2.45, 2.75) is 6.10 Å². The first-order chi connectivity index (χ1) is 7.70. The number of likely N-dealkylation sites (N-methyl/N-ethyl adjacent to an activating group) is 1. The van der Waals surface area contributed by atoms with Gasteiger partial charge in [0.05, 0.1) is 12.7 Å². The molecule has 0 aromatic carbocycles. The highest BCUT2D eigenvalue weighted by Crippen LogP contribution is 1.87. The van der Waals surface area contributed by atoms with Gasteiger partial charge in [-0.1, -0.05) is 0 Å². The lowest BCUT2D eigenvalue weighted by Crippen LogP contribution is -2.37. The number of hydrogen-bond donors (Lipinski definition) is 2. The fourth-order valence-electron chi connectivity index (χ4n) is 1.26. The predicted octanol–water partition coefficient (Wildman–Crippen LogP) is -0.611. The summed E-state index contributed by atoms with van der Waals surface area (Å²) in [5.74, 6) is 0. The van der Waals surface area contributed by atoms with Gasteiger partial charge in [0.25, 0.3) is 0 Å². The topological polar surface area (TPSA) is 45.8 Å². The Morgan fingerprint density at radius 3 is 2.31 bits per heavy atom. The summed E-state index contributed by atoms with van der Waals surface area (Å²) in [5.41, 5.74) is 0. The summed E-state index contributed by atoms with van der Waals surface area (Å²) >= 11 is 0. The van der Waals surface area contributed by atoms with Crippen LogP contribution in [0.15, 0.2) is 0 Å². The fourth-order valence-corrected chi connectivity index (χ4v) is 1.26. The quantitative estimate of drug-likeness (QED) is 0.466. The Labute approximate surface area is 99.5 Å². The molecule has 0 saturated heterocycles. The Kier molecular flexibility index (Phi) is 11.1. The van der Waals surface area contributed by atoms with Crippen LogP contribution in [0.25, 0.3) is 0 Å². The van der Waals surface area contributed by atoms with Crippen molar-refractivity contribution in [2.75, 3.05) is 67.6 Å². The first kappa shape index (κ1) is 15.8. The summed E-state index contributed by atoms with van der Waals surface area (Å²) in [6.45, 7) is 5.51.